The lowest BCUT2D eigenvalue weighted by molar-refractivity contribution is -0.134. The van der Waals surface area contributed by atoms with E-state index in [0.29, 0.717) is 16.3 Å². The van der Waals surface area contributed by atoms with E-state index in [0.717, 1.165) is 42.8 Å². The average molecular weight is 498 g/mol. The number of likely N-dealkylation sites (tertiary alicyclic amines) is 1. The number of halogens is 1. The predicted octanol–water partition coefficient (Wildman–Crippen LogP) is 4.81. The first-order valence-corrected chi connectivity index (χ1v) is 12.1. The number of nitrogens with two attached hydrogens (primary N) is 1. The molecule has 4 rings (SSSR count). The predicted molar refractivity (Wildman–Crippen MR) is 134 cm³/mol. The van der Waals surface area contributed by atoms with E-state index in [2.05, 4.69) is 5.32 Å². The maximum Gasteiger partial charge on any atom is 0.269 e. The number of nitrogens with one attached hydrogen (secondary N) is 1. The minimum atomic E-state index is -0.691. The number of hydrogen-bond donors (Lipinski definition) is 2. The highest BCUT2D eigenvalue weighted by atomic mass is 35.5. The number of nitrogens with zero attached hydrogens (tertiary/aromatic N) is 1. The molecule has 7 nitrogen and oxygen atoms in total. The number of benzene rings is 2. The maximum absolute atomic E-state index is 13.2. The molecule has 1 aliphatic rings. The molecular formula is C25H24ClN3O4S. The topological polar surface area (TPSA) is 102 Å². The summed E-state index contributed by atoms with van der Waals surface area (Å²) >= 11 is 7.27. The number of piperidine rings is 1. The molecule has 34 heavy (non-hydrogen) atoms. The van der Waals surface area contributed by atoms with Gasteiger partial charge in [-0.05, 0) is 49.1 Å². The Bertz CT molecular complexity index is 1210. The first kappa shape index (κ1) is 23.8. The zero-order valence-electron chi connectivity index (χ0n) is 18.4. The van der Waals surface area contributed by atoms with Crippen molar-refractivity contribution >= 4 is 46.3 Å². The van der Waals surface area contributed by atoms with Gasteiger partial charge in [-0.2, -0.15) is 0 Å². The zero-order valence-corrected chi connectivity index (χ0v) is 20.0. The van der Waals surface area contributed by atoms with Gasteiger partial charge in [0.1, 0.15) is 10.6 Å². The van der Waals surface area contributed by atoms with Gasteiger partial charge in [-0.25, -0.2) is 0 Å². The fraction of sp³-hybridized carbons (Fsp3) is 0.240. The van der Waals surface area contributed by atoms with Crippen molar-refractivity contribution < 1.29 is 19.1 Å². The molecule has 1 fully saturated rings. The Labute approximate surface area is 206 Å². The van der Waals surface area contributed by atoms with Gasteiger partial charge in [-0.3, -0.25) is 14.4 Å². The van der Waals surface area contributed by atoms with Crippen LogP contribution in [0.4, 0.5) is 5.69 Å². The molecule has 0 bridgehead atoms. The zero-order chi connectivity index (χ0) is 24.1. The molecule has 1 aliphatic heterocycles. The number of carbonyl (C=O) groups excluding carboxylic acids is 3. The molecule has 0 unspecified atom stereocenters. The van der Waals surface area contributed by atoms with E-state index in [1.807, 2.05) is 30.3 Å². The fourth-order valence-corrected chi connectivity index (χ4v) is 4.95. The molecule has 3 aromatic rings. The van der Waals surface area contributed by atoms with Crippen LogP contribution in [0.3, 0.4) is 0 Å². The Hall–Kier alpha value is -3.36. The summed E-state index contributed by atoms with van der Waals surface area (Å²) in [6.45, 7) is 1.32. The lowest BCUT2D eigenvalue weighted by Gasteiger charge is -2.26. The third kappa shape index (κ3) is 5.58. The van der Waals surface area contributed by atoms with Gasteiger partial charge in [0, 0.05) is 23.7 Å². The summed E-state index contributed by atoms with van der Waals surface area (Å²) in [6, 6.07) is 15.9. The molecule has 9 heteroatoms. The van der Waals surface area contributed by atoms with Crippen LogP contribution in [0.25, 0.3) is 10.4 Å². The maximum atomic E-state index is 13.2. The second-order valence-electron chi connectivity index (χ2n) is 7.91. The van der Waals surface area contributed by atoms with E-state index in [1.165, 1.54) is 23.5 Å². The Morgan fingerprint density at radius 2 is 1.76 bits per heavy atom. The van der Waals surface area contributed by atoms with Crippen LogP contribution in [0.15, 0.2) is 54.6 Å². The Morgan fingerprint density at radius 1 is 1.03 bits per heavy atom. The van der Waals surface area contributed by atoms with E-state index < -0.39 is 11.8 Å². The van der Waals surface area contributed by atoms with Crippen LogP contribution in [-0.4, -0.2) is 42.3 Å². The minimum absolute atomic E-state index is 0.0951. The third-order valence-corrected chi connectivity index (χ3v) is 7.01. The summed E-state index contributed by atoms with van der Waals surface area (Å²) in [5.41, 5.74) is 6.77. The van der Waals surface area contributed by atoms with Crippen molar-refractivity contribution in [1.82, 2.24) is 4.90 Å². The summed E-state index contributed by atoms with van der Waals surface area (Å²) < 4.78 is 5.86. The van der Waals surface area contributed by atoms with Gasteiger partial charge in [0.15, 0.2) is 6.61 Å². The molecule has 1 saturated heterocycles. The van der Waals surface area contributed by atoms with E-state index in [-0.39, 0.29) is 23.1 Å². The highest BCUT2D eigenvalue weighted by molar-refractivity contribution is 7.17. The number of primary amides is 1. The number of hydrogen-bond acceptors (Lipinski definition) is 5. The quantitative estimate of drug-likeness (QED) is 0.489. The fourth-order valence-electron chi connectivity index (χ4n) is 3.74. The van der Waals surface area contributed by atoms with E-state index in [9.17, 15) is 14.4 Å². The van der Waals surface area contributed by atoms with Crippen LogP contribution in [0.2, 0.25) is 5.02 Å². The van der Waals surface area contributed by atoms with Crippen molar-refractivity contribution in [3.63, 3.8) is 0 Å². The average Bonchev–Trinajstić information content (AvgIpc) is 3.29. The number of carbonyl (C=O) groups is 3. The van der Waals surface area contributed by atoms with Gasteiger partial charge in [0.05, 0.1) is 10.6 Å². The third-order valence-electron chi connectivity index (χ3n) is 5.51. The Balaban J connectivity index is 1.57. The number of anilines is 1. The lowest BCUT2D eigenvalue weighted by Crippen LogP contribution is -2.38. The van der Waals surface area contributed by atoms with Gasteiger partial charge < -0.3 is 20.7 Å². The normalized spacial score (nSPS) is 13.4. The number of amides is 3. The molecule has 0 saturated carbocycles. The van der Waals surface area contributed by atoms with Gasteiger partial charge in [0.25, 0.3) is 11.8 Å². The van der Waals surface area contributed by atoms with Crippen molar-refractivity contribution in [3.05, 3.63) is 70.1 Å². The standard InChI is InChI=1S/C25H24ClN3O4S/c26-19-10-9-17(13-18(19)24(27)31)28-25(32)23-20(14-21(34-23)16-7-3-1-4-8-16)33-15-22(30)29-11-5-2-6-12-29/h1,3-4,7-10,13-14H,2,5-6,11-12,15H2,(H2,27,31)(H,28,32). The monoisotopic (exact) mass is 497 g/mol. The van der Waals surface area contributed by atoms with Crippen LogP contribution in [-0.2, 0) is 4.79 Å². The van der Waals surface area contributed by atoms with E-state index >= 15 is 0 Å². The summed E-state index contributed by atoms with van der Waals surface area (Å²) in [5, 5.41) is 2.97. The molecule has 3 amide bonds. The van der Waals surface area contributed by atoms with Crippen LogP contribution in [0.5, 0.6) is 5.75 Å². The molecule has 2 heterocycles. The smallest absolute Gasteiger partial charge is 0.269 e. The van der Waals surface area contributed by atoms with Crippen molar-refractivity contribution in [2.45, 2.75) is 19.3 Å². The molecule has 0 spiro atoms. The molecule has 2 aromatic carbocycles. The Kier molecular flexibility index (Phi) is 7.49. The van der Waals surface area contributed by atoms with E-state index in [4.69, 9.17) is 22.1 Å². The summed E-state index contributed by atoms with van der Waals surface area (Å²) in [4.78, 5) is 40.3. The number of thiophene rings is 1. The lowest BCUT2D eigenvalue weighted by atomic mass is 10.1. The molecule has 176 valence electrons. The first-order valence-electron chi connectivity index (χ1n) is 10.9. The largest absolute Gasteiger partial charge is 0.482 e. The van der Waals surface area contributed by atoms with Crippen LogP contribution >= 0.6 is 22.9 Å². The summed E-state index contributed by atoms with van der Waals surface area (Å²) in [6.07, 6.45) is 3.11. The van der Waals surface area contributed by atoms with Gasteiger partial charge in [0.2, 0.25) is 5.91 Å². The highest BCUT2D eigenvalue weighted by Crippen LogP contribution is 2.37. The summed E-state index contributed by atoms with van der Waals surface area (Å²) in [5.74, 6) is -0.882. The van der Waals surface area contributed by atoms with Crippen LogP contribution < -0.4 is 15.8 Å². The molecule has 1 aromatic heterocycles. The van der Waals surface area contributed by atoms with Crippen molar-refractivity contribution in [2.75, 3.05) is 25.0 Å². The number of ether oxygens (including phenoxy) is 1. The minimum Gasteiger partial charge on any atom is -0.482 e. The van der Waals surface area contributed by atoms with E-state index in [1.54, 1.807) is 17.0 Å². The van der Waals surface area contributed by atoms with Gasteiger partial charge >= 0.3 is 0 Å². The van der Waals surface area contributed by atoms with Gasteiger partial charge in [-0.1, -0.05) is 41.9 Å². The molecule has 0 atom stereocenters. The number of rotatable bonds is 7. The molecule has 0 radical (unpaired) electrons. The van der Waals surface area contributed by atoms with Crippen molar-refractivity contribution in [3.8, 4) is 16.2 Å². The molecular weight excluding hydrogens is 474 g/mol. The highest BCUT2D eigenvalue weighted by Gasteiger charge is 2.22. The Morgan fingerprint density at radius 3 is 2.47 bits per heavy atom. The van der Waals surface area contributed by atoms with Gasteiger partial charge in [-0.15, -0.1) is 11.3 Å². The molecule has 0 aliphatic carbocycles. The molecule has 3 N–H and O–H groups in total. The summed E-state index contributed by atoms with van der Waals surface area (Å²) in [7, 11) is 0. The second kappa shape index (κ2) is 10.7. The van der Waals surface area contributed by atoms with Crippen molar-refractivity contribution in [2.24, 2.45) is 5.73 Å². The van der Waals surface area contributed by atoms with Crippen molar-refractivity contribution in [1.29, 1.82) is 0 Å². The SMILES string of the molecule is NC(=O)c1cc(NC(=O)c2sc(-c3ccccc3)cc2OCC(=O)N2CCCCC2)ccc1Cl. The first-order chi connectivity index (χ1) is 16.4. The van der Waals surface area contributed by atoms with Crippen LogP contribution in [0, 0.1) is 0 Å². The second-order valence-corrected chi connectivity index (χ2v) is 9.37. The van der Waals surface area contributed by atoms with Crippen LogP contribution in [0.1, 0.15) is 39.3 Å².